The van der Waals surface area contributed by atoms with Gasteiger partial charge in [0.1, 0.15) is 5.82 Å². The minimum Gasteiger partial charge on any atom is -0.388 e. The molecule has 1 unspecified atom stereocenters. The first-order chi connectivity index (χ1) is 8.97. The summed E-state index contributed by atoms with van der Waals surface area (Å²) in [6.07, 6.45) is -0.576. The number of benzene rings is 2. The normalized spacial score (nSPS) is 12.5. The van der Waals surface area contributed by atoms with Crippen molar-refractivity contribution in [2.24, 2.45) is 0 Å². The maximum absolute atomic E-state index is 12.9. The monoisotopic (exact) mass is 318 g/mol. The molecule has 0 radical (unpaired) electrons. The van der Waals surface area contributed by atoms with Crippen LogP contribution >= 0.6 is 34.8 Å². The van der Waals surface area contributed by atoms with E-state index in [-0.39, 0.29) is 11.4 Å². The largest absolute Gasteiger partial charge is 0.388 e. The van der Waals surface area contributed by atoms with E-state index in [2.05, 4.69) is 0 Å². The van der Waals surface area contributed by atoms with Crippen molar-refractivity contribution in [3.8, 4) is 0 Å². The first-order valence-corrected chi connectivity index (χ1v) is 6.67. The maximum Gasteiger partial charge on any atom is 0.124 e. The summed E-state index contributed by atoms with van der Waals surface area (Å²) in [5.41, 5.74) is 1.22. The van der Waals surface area contributed by atoms with Crippen molar-refractivity contribution in [1.82, 2.24) is 0 Å². The Hall–Kier alpha value is -0.800. The van der Waals surface area contributed by atoms with Crippen molar-refractivity contribution in [1.29, 1.82) is 0 Å². The molecule has 0 saturated carbocycles. The van der Waals surface area contributed by atoms with Crippen LogP contribution in [0.3, 0.4) is 0 Å². The van der Waals surface area contributed by atoms with Gasteiger partial charge < -0.3 is 5.11 Å². The number of rotatable bonds is 3. The van der Waals surface area contributed by atoms with E-state index in [1.807, 2.05) is 0 Å². The average molecular weight is 320 g/mol. The quantitative estimate of drug-likeness (QED) is 0.838. The molecular weight excluding hydrogens is 310 g/mol. The van der Waals surface area contributed by atoms with Gasteiger partial charge in [0.25, 0.3) is 0 Å². The molecular formula is C14H10Cl3FO. The van der Waals surface area contributed by atoms with Crippen LogP contribution in [0.4, 0.5) is 4.39 Å². The SMILES string of the molecule is OC(Cc1ccc(F)cc1Cl)c1ccc(Cl)cc1Cl. The molecule has 0 amide bonds. The van der Waals surface area contributed by atoms with Crippen LogP contribution < -0.4 is 0 Å². The predicted octanol–water partition coefficient (Wildman–Crippen LogP) is 5.06. The van der Waals surface area contributed by atoms with E-state index >= 15 is 0 Å². The first-order valence-electron chi connectivity index (χ1n) is 5.54. The molecule has 0 saturated heterocycles. The lowest BCUT2D eigenvalue weighted by Gasteiger charge is -2.14. The molecule has 1 atom stereocenters. The highest BCUT2D eigenvalue weighted by Gasteiger charge is 2.14. The average Bonchev–Trinajstić information content (AvgIpc) is 2.32. The van der Waals surface area contributed by atoms with Gasteiger partial charge in [0.2, 0.25) is 0 Å². The summed E-state index contributed by atoms with van der Waals surface area (Å²) in [7, 11) is 0. The second kappa shape index (κ2) is 6.10. The minimum absolute atomic E-state index is 0.250. The van der Waals surface area contributed by atoms with E-state index < -0.39 is 11.9 Å². The highest BCUT2D eigenvalue weighted by Crippen LogP contribution is 2.30. The molecule has 0 aliphatic heterocycles. The molecule has 1 N–H and O–H groups in total. The molecule has 0 fully saturated rings. The van der Waals surface area contributed by atoms with Gasteiger partial charge in [-0.15, -0.1) is 0 Å². The topological polar surface area (TPSA) is 20.2 Å². The lowest BCUT2D eigenvalue weighted by atomic mass is 10.0. The van der Waals surface area contributed by atoms with Crippen LogP contribution in [0.1, 0.15) is 17.2 Å². The van der Waals surface area contributed by atoms with Gasteiger partial charge in [-0.1, -0.05) is 46.9 Å². The molecule has 2 aromatic rings. The van der Waals surface area contributed by atoms with E-state index in [0.29, 0.717) is 21.2 Å². The van der Waals surface area contributed by atoms with Gasteiger partial charge in [0, 0.05) is 21.5 Å². The molecule has 2 aromatic carbocycles. The highest BCUT2D eigenvalue weighted by atomic mass is 35.5. The van der Waals surface area contributed by atoms with Crippen LogP contribution in [0.5, 0.6) is 0 Å². The van der Waals surface area contributed by atoms with Crippen LogP contribution in [0.2, 0.25) is 15.1 Å². The lowest BCUT2D eigenvalue weighted by Crippen LogP contribution is -2.03. The van der Waals surface area contributed by atoms with Crippen molar-refractivity contribution in [2.45, 2.75) is 12.5 Å². The van der Waals surface area contributed by atoms with Crippen molar-refractivity contribution in [2.75, 3.05) is 0 Å². The summed E-state index contributed by atoms with van der Waals surface area (Å²) < 4.78 is 12.9. The van der Waals surface area contributed by atoms with Gasteiger partial charge in [-0.25, -0.2) is 4.39 Å². The Kier molecular flexibility index (Phi) is 4.69. The summed E-state index contributed by atoms with van der Waals surface area (Å²) in [4.78, 5) is 0. The Labute approximate surface area is 125 Å². The fourth-order valence-electron chi connectivity index (χ4n) is 1.78. The van der Waals surface area contributed by atoms with Crippen LogP contribution in [0.15, 0.2) is 36.4 Å². The van der Waals surface area contributed by atoms with Gasteiger partial charge in [0.05, 0.1) is 6.10 Å². The Morgan fingerprint density at radius 3 is 2.37 bits per heavy atom. The Morgan fingerprint density at radius 1 is 1.00 bits per heavy atom. The minimum atomic E-state index is -0.826. The number of aliphatic hydroxyl groups is 1. The summed E-state index contributed by atoms with van der Waals surface area (Å²) in [5, 5.41) is 11.3. The third-order valence-corrected chi connectivity index (χ3v) is 3.66. The molecule has 0 heterocycles. The molecule has 2 rings (SSSR count). The zero-order valence-electron chi connectivity index (χ0n) is 9.71. The third kappa shape index (κ3) is 3.61. The second-order valence-corrected chi connectivity index (χ2v) is 5.37. The molecule has 5 heteroatoms. The molecule has 0 aliphatic carbocycles. The zero-order chi connectivity index (χ0) is 14.0. The molecule has 0 bridgehead atoms. The smallest absolute Gasteiger partial charge is 0.124 e. The molecule has 100 valence electrons. The van der Waals surface area contributed by atoms with Gasteiger partial charge in [0.15, 0.2) is 0 Å². The lowest BCUT2D eigenvalue weighted by molar-refractivity contribution is 0.178. The summed E-state index contributed by atoms with van der Waals surface area (Å²) in [6, 6.07) is 8.94. The first kappa shape index (κ1) is 14.6. The summed E-state index contributed by atoms with van der Waals surface area (Å²) in [6.45, 7) is 0. The number of aliphatic hydroxyl groups excluding tert-OH is 1. The fraction of sp³-hybridized carbons (Fsp3) is 0.143. The number of hydrogen-bond donors (Lipinski definition) is 1. The van der Waals surface area contributed by atoms with Gasteiger partial charge in [-0.05, 0) is 35.4 Å². The zero-order valence-corrected chi connectivity index (χ0v) is 12.0. The van der Waals surface area contributed by atoms with E-state index in [0.717, 1.165) is 0 Å². The maximum atomic E-state index is 12.9. The van der Waals surface area contributed by atoms with Crippen LogP contribution in [-0.2, 0) is 6.42 Å². The highest BCUT2D eigenvalue weighted by molar-refractivity contribution is 6.35. The van der Waals surface area contributed by atoms with Crippen molar-refractivity contribution in [3.63, 3.8) is 0 Å². The van der Waals surface area contributed by atoms with Gasteiger partial charge in [-0.3, -0.25) is 0 Å². The third-order valence-electron chi connectivity index (χ3n) is 2.75. The Bertz CT molecular complexity index is 601. The molecule has 19 heavy (non-hydrogen) atoms. The van der Waals surface area contributed by atoms with E-state index in [1.165, 1.54) is 12.1 Å². The van der Waals surface area contributed by atoms with Gasteiger partial charge >= 0.3 is 0 Å². The summed E-state index contributed by atoms with van der Waals surface area (Å²) >= 11 is 17.7. The van der Waals surface area contributed by atoms with Crippen LogP contribution in [0.25, 0.3) is 0 Å². The van der Waals surface area contributed by atoms with E-state index in [9.17, 15) is 9.50 Å². The predicted molar refractivity (Wildman–Crippen MR) is 76.5 cm³/mol. The van der Waals surface area contributed by atoms with Crippen LogP contribution in [-0.4, -0.2) is 5.11 Å². The van der Waals surface area contributed by atoms with E-state index in [4.69, 9.17) is 34.8 Å². The van der Waals surface area contributed by atoms with Crippen LogP contribution in [0, 0.1) is 5.82 Å². The Balaban J connectivity index is 2.23. The van der Waals surface area contributed by atoms with Crippen molar-refractivity contribution in [3.05, 3.63) is 68.4 Å². The standard InChI is InChI=1S/C14H10Cl3FO/c15-9-2-4-11(13(17)6-9)14(19)5-8-1-3-10(18)7-12(8)16/h1-4,6-7,14,19H,5H2. The van der Waals surface area contributed by atoms with E-state index in [1.54, 1.807) is 24.3 Å². The number of hydrogen-bond acceptors (Lipinski definition) is 1. The van der Waals surface area contributed by atoms with Crippen molar-refractivity contribution < 1.29 is 9.50 Å². The molecule has 0 aliphatic rings. The van der Waals surface area contributed by atoms with Gasteiger partial charge in [-0.2, -0.15) is 0 Å². The molecule has 1 nitrogen and oxygen atoms in total. The molecule has 0 spiro atoms. The van der Waals surface area contributed by atoms with Crippen molar-refractivity contribution >= 4 is 34.8 Å². The summed E-state index contributed by atoms with van der Waals surface area (Å²) in [5.74, 6) is -0.409. The second-order valence-electron chi connectivity index (χ2n) is 4.12. The fourth-order valence-corrected chi connectivity index (χ4v) is 2.56. The number of halogens is 4. The Morgan fingerprint density at radius 2 is 1.74 bits per heavy atom. The molecule has 0 aromatic heterocycles.